The minimum absolute atomic E-state index is 0.00667. The third kappa shape index (κ3) is 1.35. The molecule has 2 rings (SSSR count). The molecule has 1 unspecified atom stereocenters. The SMILES string of the molecule is CCOC(=O)C1CNCC12CCC2. The second kappa shape index (κ2) is 3.29. The van der Waals surface area contributed by atoms with E-state index in [9.17, 15) is 4.79 Å². The lowest BCUT2D eigenvalue weighted by atomic mass is 9.63. The highest BCUT2D eigenvalue weighted by Crippen LogP contribution is 2.49. The first-order valence-corrected chi connectivity index (χ1v) is 5.16. The van der Waals surface area contributed by atoms with Gasteiger partial charge in [-0.2, -0.15) is 0 Å². The smallest absolute Gasteiger partial charge is 0.310 e. The summed E-state index contributed by atoms with van der Waals surface area (Å²) in [6.45, 7) is 4.20. The van der Waals surface area contributed by atoms with Crippen LogP contribution in [0.4, 0.5) is 0 Å². The maximum Gasteiger partial charge on any atom is 0.310 e. The third-order valence-electron chi connectivity index (χ3n) is 3.49. The van der Waals surface area contributed by atoms with Gasteiger partial charge in [-0.3, -0.25) is 4.79 Å². The minimum Gasteiger partial charge on any atom is -0.466 e. The normalized spacial score (nSPS) is 30.1. The predicted molar refractivity (Wildman–Crippen MR) is 49.3 cm³/mol. The molecule has 3 heteroatoms. The van der Waals surface area contributed by atoms with Crippen molar-refractivity contribution >= 4 is 5.97 Å². The van der Waals surface area contributed by atoms with Crippen molar-refractivity contribution < 1.29 is 9.53 Å². The van der Waals surface area contributed by atoms with Crippen LogP contribution in [0, 0.1) is 11.3 Å². The molecule has 1 spiro atoms. The van der Waals surface area contributed by atoms with E-state index in [1.54, 1.807) is 0 Å². The summed E-state index contributed by atoms with van der Waals surface area (Å²) >= 11 is 0. The van der Waals surface area contributed by atoms with Crippen molar-refractivity contribution in [1.29, 1.82) is 0 Å². The zero-order chi connectivity index (χ0) is 9.31. The molecule has 1 saturated heterocycles. The molecule has 1 atom stereocenters. The Labute approximate surface area is 78.8 Å². The van der Waals surface area contributed by atoms with E-state index in [1.807, 2.05) is 6.92 Å². The Hall–Kier alpha value is -0.570. The van der Waals surface area contributed by atoms with Crippen molar-refractivity contribution in [1.82, 2.24) is 5.32 Å². The summed E-state index contributed by atoms with van der Waals surface area (Å²) < 4.78 is 5.08. The maximum atomic E-state index is 11.6. The van der Waals surface area contributed by atoms with Gasteiger partial charge in [0.2, 0.25) is 0 Å². The van der Waals surface area contributed by atoms with Crippen molar-refractivity contribution in [3.05, 3.63) is 0 Å². The summed E-state index contributed by atoms with van der Waals surface area (Å²) in [6, 6.07) is 0. The van der Waals surface area contributed by atoms with Crippen LogP contribution in [-0.4, -0.2) is 25.7 Å². The van der Waals surface area contributed by atoms with Gasteiger partial charge in [0.1, 0.15) is 0 Å². The van der Waals surface area contributed by atoms with Crippen molar-refractivity contribution in [3.8, 4) is 0 Å². The Bertz CT molecular complexity index is 211. The summed E-state index contributed by atoms with van der Waals surface area (Å²) in [5.74, 6) is 0.133. The molecule has 1 saturated carbocycles. The van der Waals surface area contributed by atoms with Gasteiger partial charge >= 0.3 is 5.97 Å². The summed E-state index contributed by atoms with van der Waals surface area (Å²) in [4.78, 5) is 11.6. The van der Waals surface area contributed by atoms with E-state index in [-0.39, 0.29) is 17.3 Å². The van der Waals surface area contributed by atoms with Crippen molar-refractivity contribution in [2.45, 2.75) is 26.2 Å². The second-order valence-electron chi connectivity index (χ2n) is 4.15. The number of nitrogens with one attached hydrogen (secondary N) is 1. The maximum absolute atomic E-state index is 11.6. The molecule has 0 bridgehead atoms. The predicted octanol–water partition coefficient (Wildman–Crippen LogP) is 0.939. The summed E-state index contributed by atoms with van der Waals surface area (Å²) in [7, 11) is 0. The number of hydrogen-bond donors (Lipinski definition) is 1. The van der Waals surface area contributed by atoms with Gasteiger partial charge in [0.15, 0.2) is 0 Å². The average molecular weight is 183 g/mol. The van der Waals surface area contributed by atoms with Gasteiger partial charge in [-0.15, -0.1) is 0 Å². The molecule has 2 fully saturated rings. The number of hydrogen-bond acceptors (Lipinski definition) is 3. The Morgan fingerprint density at radius 1 is 1.62 bits per heavy atom. The number of ether oxygens (including phenoxy) is 1. The van der Waals surface area contributed by atoms with Gasteiger partial charge in [-0.1, -0.05) is 6.42 Å². The van der Waals surface area contributed by atoms with Gasteiger partial charge in [-0.05, 0) is 25.2 Å². The van der Waals surface area contributed by atoms with Crippen molar-refractivity contribution in [2.75, 3.05) is 19.7 Å². The van der Waals surface area contributed by atoms with Gasteiger partial charge < -0.3 is 10.1 Å². The minimum atomic E-state index is 0.00667. The van der Waals surface area contributed by atoms with E-state index in [4.69, 9.17) is 4.74 Å². The van der Waals surface area contributed by atoms with Crippen molar-refractivity contribution in [2.24, 2.45) is 11.3 Å². The van der Waals surface area contributed by atoms with Crippen LogP contribution in [-0.2, 0) is 9.53 Å². The average Bonchev–Trinajstić information content (AvgIpc) is 2.46. The number of rotatable bonds is 2. The van der Waals surface area contributed by atoms with E-state index in [0.717, 1.165) is 13.1 Å². The molecule has 13 heavy (non-hydrogen) atoms. The Morgan fingerprint density at radius 3 is 2.92 bits per heavy atom. The first kappa shape index (κ1) is 9.00. The van der Waals surface area contributed by atoms with Gasteiger partial charge in [0, 0.05) is 13.1 Å². The lowest BCUT2D eigenvalue weighted by Crippen LogP contribution is -2.41. The molecular formula is C10H17NO2. The molecule has 74 valence electrons. The number of carbonyl (C=O) groups is 1. The molecule has 0 aromatic carbocycles. The van der Waals surface area contributed by atoms with Crippen LogP contribution in [0.5, 0.6) is 0 Å². The van der Waals surface area contributed by atoms with E-state index in [0.29, 0.717) is 6.61 Å². The highest BCUT2D eigenvalue weighted by Gasteiger charge is 2.51. The Balaban J connectivity index is 2.01. The fourth-order valence-corrected chi connectivity index (χ4v) is 2.54. The quantitative estimate of drug-likeness (QED) is 0.647. The first-order chi connectivity index (χ1) is 6.28. The highest BCUT2D eigenvalue weighted by molar-refractivity contribution is 5.74. The van der Waals surface area contributed by atoms with Crippen LogP contribution in [0.15, 0.2) is 0 Å². The van der Waals surface area contributed by atoms with Gasteiger partial charge in [0.05, 0.1) is 12.5 Å². The van der Waals surface area contributed by atoms with Crippen LogP contribution in [0.3, 0.4) is 0 Å². The molecule has 2 aliphatic rings. The summed E-state index contributed by atoms with van der Waals surface area (Å²) in [6.07, 6.45) is 3.67. The lowest BCUT2D eigenvalue weighted by Gasteiger charge is -2.41. The summed E-state index contributed by atoms with van der Waals surface area (Å²) in [5.41, 5.74) is 0.270. The molecule has 1 aliphatic heterocycles. The molecule has 1 aliphatic carbocycles. The van der Waals surface area contributed by atoms with E-state index < -0.39 is 0 Å². The molecule has 0 aromatic heterocycles. The fourth-order valence-electron chi connectivity index (χ4n) is 2.54. The van der Waals surface area contributed by atoms with Crippen LogP contribution in [0.25, 0.3) is 0 Å². The highest BCUT2D eigenvalue weighted by atomic mass is 16.5. The molecular weight excluding hydrogens is 166 g/mol. The van der Waals surface area contributed by atoms with Crippen molar-refractivity contribution in [3.63, 3.8) is 0 Å². The summed E-state index contributed by atoms with van der Waals surface area (Å²) in [5, 5.41) is 3.30. The van der Waals surface area contributed by atoms with E-state index >= 15 is 0 Å². The molecule has 1 heterocycles. The van der Waals surface area contributed by atoms with Gasteiger partial charge in [-0.25, -0.2) is 0 Å². The van der Waals surface area contributed by atoms with E-state index in [2.05, 4.69) is 5.32 Å². The van der Waals surface area contributed by atoms with Crippen LogP contribution in [0.2, 0.25) is 0 Å². The lowest BCUT2D eigenvalue weighted by molar-refractivity contribution is -0.153. The standard InChI is InChI=1S/C10H17NO2/c1-2-13-9(12)8-6-11-7-10(8)4-3-5-10/h8,11H,2-7H2,1H3. The monoisotopic (exact) mass is 183 g/mol. The zero-order valence-electron chi connectivity index (χ0n) is 8.14. The number of esters is 1. The largest absolute Gasteiger partial charge is 0.466 e. The molecule has 3 nitrogen and oxygen atoms in total. The first-order valence-electron chi connectivity index (χ1n) is 5.16. The second-order valence-corrected chi connectivity index (χ2v) is 4.15. The number of carbonyl (C=O) groups excluding carboxylic acids is 1. The van der Waals surface area contributed by atoms with Gasteiger partial charge in [0.25, 0.3) is 0 Å². The van der Waals surface area contributed by atoms with E-state index in [1.165, 1.54) is 19.3 Å². The van der Waals surface area contributed by atoms with Crippen LogP contribution in [0.1, 0.15) is 26.2 Å². The fraction of sp³-hybridized carbons (Fsp3) is 0.900. The zero-order valence-corrected chi connectivity index (χ0v) is 8.14. The van der Waals surface area contributed by atoms with Crippen LogP contribution < -0.4 is 5.32 Å². The molecule has 0 aromatic rings. The molecule has 0 amide bonds. The third-order valence-corrected chi connectivity index (χ3v) is 3.49. The topological polar surface area (TPSA) is 38.3 Å². The Kier molecular flexibility index (Phi) is 2.28. The molecule has 1 N–H and O–H groups in total. The van der Waals surface area contributed by atoms with Crippen LogP contribution >= 0.6 is 0 Å². The molecule has 0 radical (unpaired) electrons. The Morgan fingerprint density at radius 2 is 2.38 bits per heavy atom.